The third kappa shape index (κ3) is 4.95. The van der Waals surface area contributed by atoms with Gasteiger partial charge in [-0.1, -0.05) is 0 Å². The molecule has 0 saturated carbocycles. The summed E-state index contributed by atoms with van der Waals surface area (Å²) in [5, 5.41) is 8.81. The molecule has 0 aromatic rings. The van der Waals surface area contributed by atoms with Crippen LogP contribution in [0.3, 0.4) is 0 Å². The van der Waals surface area contributed by atoms with E-state index in [1.807, 2.05) is 0 Å². The van der Waals surface area contributed by atoms with Crippen LogP contribution in [-0.2, 0) is 9.53 Å². The molecule has 0 aliphatic rings. The summed E-state index contributed by atoms with van der Waals surface area (Å²) in [6, 6.07) is -1.19. The maximum Gasteiger partial charge on any atom is 0.410 e. The number of carboxylic acid groups (broad SMARTS) is 1. The monoisotopic (exact) mass is 235 g/mol. The second-order valence-corrected chi connectivity index (χ2v) is 4.42. The van der Waals surface area contributed by atoms with E-state index in [0.29, 0.717) is 0 Å². The largest absolute Gasteiger partial charge is 0.480 e. The quantitative estimate of drug-likeness (QED) is 0.804. The van der Waals surface area contributed by atoms with Crippen molar-refractivity contribution in [1.29, 1.82) is 0 Å². The Labute approximate surface area is 94.2 Å². The summed E-state index contributed by atoms with van der Waals surface area (Å²) in [6.07, 6.45) is -1.02. The van der Waals surface area contributed by atoms with E-state index in [2.05, 4.69) is 0 Å². The minimum absolute atomic E-state index is 0.245. The summed E-state index contributed by atoms with van der Waals surface area (Å²) in [5.74, 6) is -1.24. The molecule has 0 aromatic carbocycles. The third-order valence-electron chi connectivity index (χ3n) is 1.82. The van der Waals surface area contributed by atoms with E-state index in [9.17, 15) is 14.0 Å². The number of ether oxygens (including phenoxy) is 1. The van der Waals surface area contributed by atoms with Gasteiger partial charge in [-0.3, -0.25) is 9.29 Å². The van der Waals surface area contributed by atoms with Gasteiger partial charge >= 0.3 is 12.1 Å². The van der Waals surface area contributed by atoms with Gasteiger partial charge in [0, 0.05) is 13.5 Å². The first-order chi connectivity index (χ1) is 7.19. The number of hydrogen-bond donors (Lipinski definition) is 1. The summed E-state index contributed by atoms with van der Waals surface area (Å²) in [6.45, 7) is 4.21. The zero-order valence-electron chi connectivity index (χ0n) is 9.99. The lowest BCUT2D eigenvalue weighted by Gasteiger charge is -2.28. The molecule has 5 nitrogen and oxygen atoms in total. The maximum absolute atomic E-state index is 12.1. The Kier molecular flexibility index (Phi) is 5.20. The van der Waals surface area contributed by atoms with Gasteiger partial charge in [-0.2, -0.15) is 0 Å². The first-order valence-electron chi connectivity index (χ1n) is 4.93. The summed E-state index contributed by atoms with van der Waals surface area (Å²) in [4.78, 5) is 23.2. The van der Waals surface area contributed by atoms with Gasteiger partial charge in [-0.25, -0.2) is 9.59 Å². The number of carbonyl (C=O) groups excluding carboxylic acids is 1. The molecule has 6 heteroatoms. The highest BCUT2D eigenvalue weighted by molar-refractivity contribution is 5.79. The Balaban J connectivity index is 4.55. The predicted octanol–water partition coefficient (Wildman–Crippen LogP) is 1.67. The van der Waals surface area contributed by atoms with Gasteiger partial charge in [0.15, 0.2) is 0 Å². The van der Waals surface area contributed by atoms with Crippen LogP contribution in [0.5, 0.6) is 0 Å². The number of halogens is 1. The Morgan fingerprint density at radius 1 is 1.44 bits per heavy atom. The molecule has 16 heavy (non-hydrogen) atoms. The highest BCUT2D eigenvalue weighted by Gasteiger charge is 2.29. The SMILES string of the molecule is CN(C(=O)OC(C)(C)C)[C@H](CCF)C(=O)O. The molecule has 94 valence electrons. The number of hydrogen-bond acceptors (Lipinski definition) is 3. The summed E-state index contributed by atoms with van der Waals surface area (Å²) in [5.41, 5.74) is -0.704. The molecule has 0 saturated heterocycles. The van der Waals surface area contributed by atoms with Gasteiger partial charge in [-0.05, 0) is 20.8 Å². The molecular formula is C10H18FNO4. The number of aliphatic carboxylic acids is 1. The Bertz CT molecular complexity index is 262. The van der Waals surface area contributed by atoms with E-state index >= 15 is 0 Å². The minimum Gasteiger partial charge on any atom is -0.480 e. The summed E-state index contributed by atoms with van der Waals surface area (Å²) < 4.78 is 17.1. The Morgan fingerprint density at radius 3 is 2.25 bits per heavy atom. The first kappa shape index (κ1) is 14.7. The van der Waals surface area contributed by atoms with Crippen LogP contribution in [0.1, 0.15) is 27.2 Å². The highest BCUT2D eigenvalue weighted by Crippen LogP contribution is 2.12. The predicted molar refractivity (Wildman–Crippen MR) is 56.0 cm³/mol. The van der Waals surface area contributed by atoms with Crippen molar-refractivity contribution in [2.75, 3.05) is 13.7 Å². The molecule has 1 N–H and O–H groups in total. The Morgan fingerprint density at radius 2 is 1.94 bits per heavy atom. The van der Waals surface area contributed by atoms with Crippen molar-refractivity contribution < 1.29 is 23.8 Å². The van der Waals surface area contributed by atoms with Crippen molar-refractivity contribution in [3.8, 4) is 0 Å². The van der Waals surface area contributed by atoms with Gasteiger partial charge in [0.1, 0.15) is 11.6 Å². The minimum atomic E-state index is -1.24. The van der Waals surface area contributed by atoms with E-state index < -0.39 is 30.4 Å². The number of amides is 1. The van der Waals surface area contributed by atoms with Crippen LogP contribution >= 0.6 is 0 Å². The second kappa shape index (κ2) is 5.67. The van der Waals surface area contributed by atoms with E-state index in [0.717, 1.165) is 4.90 Å². The van der Waals surface area contributed by atoms with Gasteiger partial charge in [0.25, 0.3) is 0 Å². The fourth-order valence-electron chi connectivity index (χ4n) is 1.05. The highest BCUT2D eigenvalue weighted by atomic mass is 19.1. The van der Waals surface area contributed by atoms with E-state index in [4.69, 9.17) is 9.84 Å². The third-order valence-corrected chi connectivity index (χ3v) is 1.82. The van der Waals surface area contributed by atoms with Crippen LogP contribution in [0.15, 0.2) is 0 Å². The van der Waals surface area contributed by atoms with Crippen LogP contribution < -0.4 is 0 Å². The molecule has 0 spiro atoms. The summed E-state index contributed by atoms with van der Waals surface area (Å²) >= 11 is 0. The Hall–Kier alpha value is -1.33. The molecule has 0 radical (unpaired) electrons. The fraction of sp³-hybridized carbons (Fsp3) is 0.800. The molecule has 0 aliphatic carbocycles. The number of nitrogens with zero attached hydrogens (tertiary/aromatic N) is 1. The van der Waals surface area contributed by atoms with Crippen molar-refractivity contribution >= 4 is 12.1 Å². The lowest BCUT2D eigenvalue weighted by Crippen LogP contribution is -2.45. The molecule has 1 amide bonds. The van der Waals surface area contributed by atoms with E-state index in [-0.39, 0.29) is 6.42 Å². The van der Waals surface area contributed by atoms with Crippen molar-refractivity contribution in [1.82, 2.24) is 4.90 Å². The molecule has 1 atom stereocenters. The average Bonchev–Trinajstić information content (AvgIpc) is 2.09. The fourth-order valence-corrected chi connectivity index (χ4v) is 1.05. The lowest BCUT2D eigenvalue weighted by molar-refractivity contribution is -0.143. The van der Waals surface area contributed by atoms with Crippen molar-refractivity contribution in [2.24, 2.45) is 0 Å². The van der Waals surface area contributed by atoms with Crippen LogP contribution in [0, 0.1) is 0 Å². The van der Waals surface area contributed by atoms with Crippen LogP contribution in [-0.4, -0.2) is 47.4 Å². The maximum atomic E-state index is 12.1. The first-order valence-corrected chi connectivity index (χ1v) is 4.93. The van der Waals surface area contributed by atoms with E-state index in [1.165, 1.54) is 7.05 Å². The van der Waals surface area contributed by atoms with Gasteiger partial charge < -0.3 is 9.84 Å². The molecule has 0 fully saturated rings. The smallest absolute Gasteiger partial charge is 0.410 e. The van der Waals surface area contributed by atoms with Crippen molar-refractivity contribution in [3.63, 3.8) is 0 Å². The van der Waals surface area contributed by atoms with Crippen LogP contribution in [0.4, 0.5) is 9.18 Å². The standard InChI is InChI=1S/C10H18FNO4/c1-10(2,3)16-9(15)12(4)7(5-6-11)8(13)14/h7H,5-6H2,1-4H3,(H,13,14)/t7-/m1/s1. The second-order valence-electron chi connectivity index (χ2n) is 4.42. The van der Waals surface area contributed by atoms with Gasteiger partial charge in [0.05, 0.1) is 6.67 Å². The normalized spacial score (nSPS) is 13.1. The van der Waals surface area contributed by atoms with Crippen molar-refractivity contribution in [2.45, 2.75) is 38.8 Å². The number of rotatable bonds is 4. The number of alkyl halides is 1. The van der Waals surface area contributed by atoms with Gasteiger partial charge in [0.2, 0.25) is 0 Å². The molecule has 0 aliphatic heterocycles. The molecular weight excluding hydrogens is 217 g/mol. The zero-order chi connectivity index (χ0) is 12.9. The van der Waals surface area contributed by atoms with E-state index in [1.54, 1.807) is 20.8 Å². The number of likely N-dealkylation sites (N-methyl/N-ethyl adjacent to an activating group) is 1. The zero-order valence-corrected chi connectivity index (χ0v) is 9.99. The summed E-state index contributed by atoms with van der Waals surface area (Å²) in [7, 11) is 1.28. The van der Waals surface area contributed by atoms with Gasteiger partial charge in [-0.15, -0.1) is 0 Å². The topological polar surface area (TPSA) is 66.8 Å². The van der Waals surface area contributed by atoms with Crippen LogP contribution in [0.2, 0.25) is 0 Å². The van der Waals surface area contributed by atoms with Crippen molar-refractivity contribution in [3.05, 3.63) is 0 Å². The number of carboxylic acids is 1. The molecule has 0 bridgehead atoms. The molecule has 0 rings (SSSR count). The lowest BCUT2D eigenvalue weighted by atomic mass is 10.2. The molecule has 0 unspecified atom stereocenters. The van der Waals surface area contributed by atoms with Crippen LogP contribution in [0.25, 0.3) is 0 Å². The molecule has 0 heterocycles. The molecule has 0 aromatic heterocycles. The number of carbonyl (C=O) groups is 2. The average molecular weight is 235 g/mol.